The Morgan fingerprint density at radius 2 is 1.89 bits per heavy atom. The summed E-state index contributed by atoms with van der Waals surface area (Å²) >= 11 is 0. The smallest absolute Gasteiger partial charge is 0.240 e. The van der Waals surface area contributed by atoms with Crippen LogP contribution in [0.4, 0.5) is 0 Å². The fourth-order valence-electron chi connectivity index (χ4n) is 4.30. The van der Waals surface area contributed by atoms with Gasteiger partial charge in [-0.3, -0.25) is 9.69 Å². The van der Waals surface area contributed by atoms with E-state index >= 15 is 0 Å². The zero-order valence-electron chi connectivity index (χ0n) is 16.4. The van der Waals surface area contributed by atoms with Gasteiger partial charge in [-0.15, -0.1) is 0 Å². The van der Waals surface area contributed by atoms with Crippen LogP contribution in [0.15, 0.2) is 42.5 Å². The molecule has 1 unspecified atom stereocenters. The van der Waals surface area contributed by atoms with Gasteiger partial charge in [0.05, 0.1) is 12.6 Å². The Morgan fingerprint density at radius 3 is 2.64 bits per heavy atom. The number of rotatable bonds is 5. The molecule has 2 aliphatic rings. The minimum atomic E-state index is -0.141. The van der Waals surface area contributed by atoms with E-state index in [1.807, 2.05) is 24.0 Å². The van der Waals surface area contributed by atoms with Crippen LogP contribution in [0.2, 0.25) is 0 Å². The van der Waals surface area contributed by atoms with Crippen molar-refractivity contribution in [1.82, 2.24) is 9.80 Å². The molecule has 0 aliphatic carbocycles. The van der Waals surface area contributed by atoms with Gasteiger partial charge >= 0.3 is 0 Å². The summed E-state index contributed by atoms with van der Waals surface area (Å²) in [5.74, 6) is 0.898. The summed E-state index contributed by atoms with van der Waals surface area (Å²) in [5.41, 5.74) is 3.61. The van der Waals surface area contributed by atoms with Crippen LogP contribution in [0, 0.1) is 0 Å². The maximum Gasteiger partial charge on any atom is 0.240 e. The number of hydrogen-bond acceptors (Lipinski definition) is 4. The molecular weight excluding hydrogens is 352 g/mol. The van der Waals surface area contributed by atoms with Gasteiger partial charge in [-0.2, -0.15) is 0 Å². The average molecular weight is 380 g/mol. The van der Waals surface area contributed by atoms with Crippen molar-refractivity contribution < 1.29 is 14.6 Å². The van der Waals surface area contributed by atoms with Crippen molar-refractivity contribution in [3.63, 3.8) is 0 Å². The van der Waals surface area contributed by atoms with E-state index < -0.39 is 0 Å². The molecule has 0 bridgehead atoms. The van der Waals surface area contributed by atoms with Crippen LogP contribution in [0.5, 0.6) is 11.5 Å². The molecule has 0 saturated carbocycles. The van der Waals surface area contributed by atoms with Crippen molar-refractivity contribution in [3.8, 4) is 11.5 Å². The van der Waals surface area contributed by atoms with Crippen molar-refractivity contribution in [2.45, 2.75) is 45.3 Å². The maximum atomic E-state index is 13.3. The van der Waals surface area contributed by atoms with Crippen LogP contribution >= 0.6 is 0 Å². The molecule has 5 nitrogen and oxygen atoms in total. The molecule has 1 fully saturated rings. The first-order valence-electron chi connectivity index (χ1n) is 10.2. The van der Waals surface area contributed by atoms with Crippen molar-refractivity contribution in [1.29, 1.82) is 0 Å². The van der Waals surface area contributed by atoms with E-state index in [-0.39, 0.29) is 17.7 Å². The second kappa shape index (κ2) is 8.23. The van der Waals surface area contributed by atoms with Crippen LogP contribution in [-0.4, -0.2) is 46.6 Å². The van der Waals surface area contributed by atoms with E-state index in [4.69, 9.17) is 4.74 Å². The van der Waals surface area contributed by atoms with Gasteiger partial charge < -0.3 is 14.7 Å². The Bertz CT molecular complexity index is 845. The number of nitrogens with zero attached hydrogens (tertiary/aromatic N) is 2. The normalized spacial score (nSPS) is 19.5. The number of carbonyl (C=O) groups is 1. The minimum absolute atomic E-state index is 0.141. The fraction of sp³-hybridized carbons (Fsp3) is 0.435. The van der Waals surface area contributed by atoms with Crippen LogP contribution in [0.3, 0.4) is 0 Å². The van der Waals surface area contributed by atoms with Crippen LogP contribution in [0.25, 0.3) is 0 Å². The van der Waals surface area contributed by atoms with Gasteiger partial charge in [-0.05, 0) is 55.0 Å². The van der Waals surface area contributed by atoms with Gasteiger partial charge in [0.25, 0.3) is 0 Å². The maximum absolute atomic E-state index is 13.3. The molecule has 1 N–H and O–H groups in total. The lowest BCUT2D eigenvalue weighted by Crippen LogP contribution is -2.50. The Hall–Kier alpha value is -2.53. The van der Waals surface area contributed by atoms with Gasteiger partial charge in [-0.25, -0.2) is 0 Å². The first-order chi connectivity index (χ1) is 13.7. The van der Waals surface area contributed by atoms with E-state index in [0.717, 1.165) is 44.5 Å². The van der Waals surface area contributed by atoms with Crippen molar-refractivity contribution >= 4 is 5.91 Å². The van der Waals surface area contributed by atoms with Crippen LogP contribution < -0.4 is 4.74 Å². The molecule has 1 saturated heterocycles. The van der Waals surface area contributed by atoms with Crippen molar-refractivity contribution in [2.24, 2.45) is 0 Å². The number of aromatic hydroxyl groups is 1. The highest BCUT2D eigenvalue weighted by molar-refractivity contribution is 5.83. The second-order valence-corrected chi connectivity index (χ2v) is 7.66. The molecule has 1 atom stereocenters. The molecule has 0 radical (unpaired) electrons. The molecule has 1 amide bonds. The molecule has 0 spiro atoms. The summed E-state index contributed by atoms with van der Waals surface area (Å²) in [6.07, 6.45) is 2.96. The number of carbonyl (C=O) groups excluding carboxylic acids is 1. The number of hydrogen-bond donors (Lipinski definition) is 1. The highest BCUT2D eigenvalue weighted by Gasteiger charge is 2.35. The largest absolute Gasteiger partial charge is 0.504 e. The van der Waals surface area contributed by atoms with Gasteiger partial charge in [0.2, 0.25) is 5.91 Å². The Labute approximate surface area is 166 Å². The molecule has 28 heavy (non-hydrogen) atoms. The Balaban J connectivity index is 1.60. The lowest BCUT2D eigenvalue weighted by atomic mass is 9.92. The number of likely N-dealkylation sites (tertiary alicyclic amines) is 1. The third-order valence-corrected chi connectivity index (χ3v) is 5.76. The van der Waals surface area contributed by atoms with Crippen molar-refractivity contribution in [3.05, 3.63) is 59.2 Å². The molecule has 5 heteroatoms. The highest BCUT2D eigenvalue weighted by Crippen LogP contribution is 2.30. The van der Waals surface area contributed by atoms with Gasteiger partial charge in [-0.1, -0.05) is 30.3 Å². The molecule has 2 aromatic carbocycles. The zero-order chi connectivity index (χ0) is 19.5. The van der Waals surface area contributed by atoms with E-state index in [0.29, 0.717) is 18.9 Å². The van der Waals surface area contributed by atoms with E-state index in [9.17, 15) is 9.90 Å². The molecule has 2 aliphatic heterocycles. The monoisotopic (exact) mass is 380 g/mol. The molecular formula is C23H28N2O3. The molecule has 2 heterocycles. The molecule has 0 aromatic heterocycles. The first-order valence-corrected chi connectivity index (χ1v) is 10.2. The first kappa shape index (κ1) is 18.8. The average Bonchev–Trinajstić information content (AvgIpc) is 3.24. The Morgan fingerprint density at radius 1 is 1.14 bits per heavy atom. The third-order valence-electron chi connectivity index (χ3n) is 5.76. The van der Waals surface area contributed by atoms with Gasteiger partial charge in [0.15, 0.2) is 11.5 Å². The van der Waals surface area contributed by atoms with Gasteiger partial charge in [0, 0.05) is 26.2 Å². The number of phenolic OH excluding ortho intramolecular Hbond substituents is 1. The van der Waals surface area contributed by atoms with Crippen molar-refractivity contribution in [2.75, 3.05) is 19.7 Å². The molecule has 148 valence electrons. The zero-order valence-corrected chi connectivity index (χ0v) is 16.4. The SMILES string of the molecule is CCOc1cc(CN2Cc3ccccc3CC2C(=O)N2CCCC2)ccc1O. The van der Waals surface area contributed by atoms with Gasteiger partial charge in [0.1, 0.15) is 0 Å². The summed E-state index contributed by atoms with van der Waals surface area (Å²) in [7, 11) is 0. The number of ether oxygens (including phenoxy) is 1. The summed E-state index contributed by atoms with van der Waals surface area (Å²) in [5, 5.41) is 9.99. The quantitative estimate of drug-likeness (QED) is 0.864. The Kier molecular flexibility index (Phi) is 5.53. The fourth-order valence-corrected chi connectivity index (χ4v) is 4.30. The predicted molar refractivity (Wildman–Crippen MR) is 108 cm³/mol. The summed E-state index contributed by atoms with van der Waals surface area (Å²) in [6.45, 7) is 5.56. The van der Waals surface area contributed by atoms with Crippen LogP contribution in [-0.2, 0) is 24.3 Å². The molecule has 4 rings (SSSR count). The van der Waals surface area contributed by atoms with E-state index in [2.05, 4.69) is 29.2 Å². The minimum Gasteiger partial charge on any atom is -0.504 e. The lowest BCUT2D eigenvalue weighted by molar-refractivity contribution is -0.136. The third kappa shape index (κ3) is 3.85. The summed E-state index contributed by atoms with van der Waals surface area (Å²) in [4.78, 5) is 17.5. The summed E-state index contributed by atoms with van der Waals surface area (Å²) in [6, 6.07) is 13.7. The number of benzene rings is 2. The van der Waals surface area contributed by atoms with E-state index in [1.165, 1.54) is 11.1 Å². The standard InChI is InChI=1S/C23H28N2O3/c1-2-28-22-13-17(9-10-21(22)26)15-25-16-19-8-4-3-7-18(19)14-20(25)23(27)24-11-5-6-12-24/h3-4,7-10,13,20,26H,2,5-6,11-12,14-16H2,1H3. The second-order valence-electron chi connectivity index (χ2n) is 7.66. The number of amides is 1. The van der Waals surface area contributed by atoms with Crippen LogP contribution in [0.1, 0.15) is 36.5 Å². The highest BCUT2D eigenvalue weighted by atomic mass is 16.5. The van der Waals surface area contributed by atoms with E-state index in [1.54, 1.807) is 6.07 Å². The topological polar surface area (TPSA) is 53.0 Å². The summed E-state index contributed by atoms with van der Waals surface area (Å²) < 4.78 is 5.53. The number of phenols is 1. The molecule has 2 aromatic rings. The number of fused-ring (bicyclic) bond motifs is 1. The lowest BCUT2D eigenvalue weighted by Gasteiger charge is -2.38. The predicted octanol–water partition coefficient (Wildman–Crippen LogP) is 3.34.